The topological polar surface area (TPSA) is 55.1 Å². The number of hydrogen-bond donors (Lipinski definition) is 2. The van der Waals surface area contributed by atoms with Gasteiger partial charge in [-0.3, -0.25) is 4.79 Å². The number of nitrogens with one attached hydrogen (secondary N) is 1. The molecular weight excluding hydrogens is 435 g/mol. The fourth-order valence-corrected chi connectivity index (χ4v) is 4.89. The summed E-state index contributed by atoms with van der Waals surface area (Å²) in [7, 11) is 0. The minimum atomic E-state index is -0.485. The molecule has 1 amide bonds. The number of allylic oxidation sites excluding steroid dienone is 2. The molecule has 35 heavy (non-hydrogen) atoms. The summed E-state index contributed by atoms with van der Waals surface area (Å²) in [6.45, 7) is 16.3. The summed E-state index contributed by atoms with van der Waals surface area (Å²) in [6.07, 6.45) is 11.4. The van der Waals surface area contributed by atoms with E-state index in [0.717, 1.165) is 71.9 Å². The number of amides is 1. The lowest BCUT2D eigenvalue weighted by Crippen LogP contribution is -2.17. The van der Waals surface area contributed by atoms with Crippen molar-refractivity contribution in [3.8, 4) is 11.1 Å². The Bertz CT molecular complexity index is 1070. The molecule has 0 heterocycles. The molecule has 2 aromatic rings. The minimum absolute atomic E-state index is 0.127. The van der Waals surface area contributed by atoms with Gasteiger partial charge in [0.1, 0.15) is 5.82 Å². The van der Waals surface area contributed by atoms with Gasteiger partial charge < -0.3 is 11.1 Å². The van der Waals surface area contributed by atoms with E-state index in [4.69, 9.17) is 5.73 Å². The van der Waals surface area contributed by atoms with Crippen LogP contribution in [0.2, 0.25) is 0 Å². The predicted octanol–water partition coefficient (Wildman–Crippen LogP) is 8.77. The van der Waals surface area contributed by atoms with Gasteiger partial charge in [0.15, 0.2) is 0 Å². The number of carbonyl (C=O) groups excluding carboxylic acids is 1. The lowest BCUT2D eigenvalue weighted by Gasteiger charge is -2.25. The van der Waals surface area contributed by atoms with E-state index in [-0.39, 0.29) is 17.7 Å². The quantitative estimate of drug-likeness (QED) is 0.223. The van der Waals surface area contributed by atoms with Gasteiger partial charge in [0.05, 0.1) is 11.3 Å². The zero-order valence-electron chi connectivity index (χ0n) is 22.4. The van der Waals surface area contributed by atoms with Crippen LogP contribution in [0.3, 0.4) is 0 Å². The molecule has 3 N–H and O–H groups in total. The van der Waals surface area contributed by atoms with Crippen molar-refractivity contribution in [3.05, 3.63) is 76.8 Å². The van der Waals surface area contributed by atoms with E-state index in [1.54, 1.807) is 12.3 Å². The Morgan fingerprint density at radius 2 is 1.89 bits per heavy atom. The highest BCUT2D eigenvalue weighted by Gasteiger charge is 2.25. The van der Waals surface area contributed by atoms with Gasteiger partial charge in [0.2, 0.25) is 0 Å². The Morgan fingerprint density at radius 3 is 2.46 bits per heavy atom. The highest BCUT2D eigenvalue weighted by molar-refractivity contribution is 6.02. The van der Waals surface area contributed by atoms with Crippen molar-refractivity contribution in [2.24, 2.45) is 5.73 Å². The molecule has 0 bridgehead atoms. The van der Waals surface area contributed by atoms with Crippen LogP contribution < -0.4 is 11.1 Å². The molecule has 190 valence electrons. The molecule has 0 saturated carbocycles. The van der Waals surface area contributed by atoms with Crippen LogP contribution in [-0.2, 0) is 6.42 Å². The molecule has 0 aromatic heterocycles. The van der Waals surface area contributed by atoms with Crippen LogP contribution in [0.15, 0.2) is 43.1 Å². The van der Waals surface area contributed by atoms with Gasteiger partial charge in [0.25, 0.3) is 5.91 Å². The first kappa shape index (κ1) is 28.4. The molecule has 0 radical (unpaired) electrons. The number of benzene rings is 2. The maximum atomic E-state index is 15.8. The SMILES string of the molecule is C=CNc1c(C(N)=O)c(C)cc(-c2cc(F)c(CCCCC)c(C(C)C/C=C/C)c2)c1C(C)CC. The molecular formula is C31H43FN2O. The third kappa shape index (κ3) is 6.62. The van der Waals surface area contributed by atoms with Gasteiger partial charge in [0, 0.05) is 0 Å². The smallest absolute Gasteiger partial charge is 0.251 e. The lowest BCUT2D eigenvalue weighted by molar-refractivity contribution is 0.100. The van der Waals surface area contributed by atoms with Crippen LogP contribution in [0.25, 0.3) is 11.1 Å². The summed E-state index contributed by atoms with van der Waals surface area (Å²) >= 11 is 0. The molecule has 0 aliphatic carbocycles. The maximum absolute atomic E-state index is 15.8. The Kier molecular flexibility index (Phi) is 10.8. The number of halogens is 1. The summed E-state index contributed by atoms with van der Waals surface area (Å²) in [6, 6.07) is 5.83. The van der Waals surface area contributed by atoms with Crippen LogP contribution >= 0.6 is 0 Å². The number of carbonyl (C=O) groups is 1. The van der Waals surface area contributed by atoms with Gasteiger partial charge >= 0.3 is 0 Å². The predicted molar refractivity (Wildman–Crippen MR) is 149 cm³/mol. The number of rotatable bonds is 13. The lowest BCUT2D eigenvalue weighted by atomic mass is 9.82. The van der Waals surface area contributed by atoms with Crippen LogP contribution in [0, 0.1) is 12.7 Å². The Hall–Kier alpha value is -2.88. The average molecular weight is 479 g/mol. The molecule has 0 aliphatic heterocycles. The minimum Gasteiger partial charge on any atom is -0.366 e. The highest BCUT2D eigenvalue weighted by Crippen LogP contribution is 2.42. The van der Waals surface area contributed by atoms with E-state index in [1.165, 1.54) is 0 Å². The summed E-state index contributed by atoms with van der Waals surface area (Å²) in [5, 5.41) is 3.18. The second-order valence-corrected chi connectivity index (χ2v) is 9.62. The molecule has 3 nitrogen and oxygen atoms in total. The fraction of sp³-hybridized carbons (Fsp3) is 0.452. The van der Waals surface area contributed by atoms with Crippen molar-refractivity contribution in [2.75, 3.05) is 5.32 Å². The van der Waals surface area contributed by atoms with E-state index >= 15 is 4.39 Å². The number of nitrogens with two attached hydrogens (primary N) is 1. The van der Waals surface area contributed by atoms with Crippen molar-refractivity contribution >= 4 is 11.6 Å². The van der Waals surface area contributed by atoms with Gasteiger partial charge in [-0.1, -0.05) is 71.4 Å². The van der Waals surface area contributed by atoms with Gasteiger partial charge in [-0.2, -0.15) is 0 Å². The molecule has 2 rings (SSSR count). The normalized spacial score (nSPS) is 13.1. The fourth-order valence-electron chi connectivity index (χ4n) is 4.89. The second kappa shape index (κ2) is 13.3. The monoisotopic (exact) mass is 478 g/mol. The van der Waals surface area contributed by atoms with E-state index in [0.29, 0.717) is 11.3 Å². The molecule has 2 atom stereocenters. The highest BCUT2D eigenvalue weighted by atomic mass is 19.1. The first-order chi connectivity index (χ1) is 16.7. The van der Waals surface area contributed by atoms with E-state index in [9.17, 15) is 4.79 Å². The maximum Gasteiger partial charge on any atom is 0.251 e. The average Bonchev–Trinajstić information content (AvgIpc) is 2.82. The summed E-state index contributed by atoms with van der Waals surface area (Å²) in [5.74, 6) is -0.310. The first-order valence-corrected chi connectivity index (χ1v) is 13.0. The third-order valence-corrected chi connectivity index (χ3v) is 6.99. The Morgan fingerprint density at radius 1 is 1.17 bits per heavy atom. The molecule has 4 heteroatoms. The molecule has 0 spiro atoms. The largest absolute Gasteiger partial charge is 0.366 e. The number of unbranched alkanes of at least 4 members (excludes halogenated alkanes) is 2. The summed E-state index contributed by atoms with van der Waals surface area (Å²) in [5.41, 5.74) is 12.3. The van der Waals surface area contributed by atoms with Gasteiger partial charge in [-0.15, -0.1) is 0 Å². The van der Waals surface area contributed by atoms with Crippen LogP contribution in [0.4, 0.5) is 10.1 Å². The van der Waals surface area contributed by atoms with Gasteiger partial charge in [-0.25, -0.2) is 4.39 Å². The van der Waals surface area contributed by atoms with Crippen molar-refractivity contribution in [1.29, 1.82) is 0 Å². The number of anilines is 1. The molecule has 0 saturated heterocycles. The standard InChI is InChI=1S/C31H43FN2O/c1-8-12-14-16-24-25(21(6)15-13-9-2)18-23(19-27(24)32)26-17-22(7)29(31(33)35)30(34-11-4)28(26)20(5)10-3/h9,11,13,17-21,34H,4,8,10,12,14-16H2,1-3,5-7H3,(H2,33,35)/b13-9+. The zero-order valence-corrected chi connectivity index (χ0v) is 22.4. The van der Waals surface area contributed by atoms with E-state index in [1.807, 2.05) is 26.0 Å². The Labute approximate surface area is 211 Å². The first-order valence-electron chi connectivity index (χ1n) is 13.0. The van der Waals surface area contributed by atoms with Crippen LogP contribution in [0.1, 0.15) is 111 Å². The second-order valence-electron chi connectivity index (χ2n) is 9.62. The Balaban J connectivity index is 2.86. The molecule has 0 aliphatic rings. The number of hydrogen-bond acceptors (Lipinski definition) is 2. The van der Waals surface area contributed by atoms with Crippen LogP contribution in [0.5, 0.6) is 0 Å². The zero-order chi connectivity index (χ0) is 26.1. The van der Waals surface area contributed by atoms with Crippen LogP contribution in [-0.4, -0.2) is 5.91 Å². The van der Waals surface area contributed by atoms with E-state index < -0.39 is 5.91 Å². The summed E-state index contributed by atoms with van der Waals surface area (Å²) < 4.78 is 15.8. The van der Waals surface area contributed by atoms with Crippen molar-refractivity contribution in [2.45, 2.75) is 91.9 Å². The molecule has 2 aromatic carbocycles. The number of aryl methyl sites for hydroxylation is 1. The van der Waals surface area contributed by atoms with Crippen molar-refractivity contribution < 1.29 is 9.18 Å². The number of primary amides is 1. The van der Waals surface area contributed by atoms with Crippen molar-refractivity contribution in [3.63, 3.8) is 0 Å². The molecule has 2 unspecified atom stereocenters. The molecule has 0 fully saturated rings. The van der Waals surface area contributed by atoms with Crippen molar-refractivity contribution in [1.82, 2.24) is 0 Å². The van der Waals surface area contributed by atoms with Gasteiger partial charge in [-0.05, 0) is 97.0 Å². The third-order valence-electron chi connectivity index (χ3n) is 6.99. The van der Waals surface area contributed by atoms with E-state index in [2.05, 4.69) is 51.7 Å². The summed E-state index contributed by atoms with van der Waals surface area (Å²) in [4.78, 5) is 12.4.